The molecule has 4 rings (SSSR count). The molecule has 38 heavy (non-hydrogen) atoms. The molecule has 1 fully saturated rings. The lowest BCUT2D eigenvalue weighted by Crippen LogP contribution is -2.40. The Morgan fingerprint density at radius 1 is 1.24 bits per heavy atom. The summed E-state index contributed by atoms with van der Waals surface area (Å²) in [5.74, 6) is 2.03. The molecule has 3 heterocycles. The molecule has 1 saturated heterocycles. The van der Waals surface area contributed by atoms with Gasteiger partial charge in [0.2, 0.25) is 11.2 Å². The summed E-state index contributed by atoms with van der Waals surface area (Å²) in [7, 11) is 1.72. The van der Waals surface area contributed by atoms with Gasteiger partial charge in [-0.2, -0.15) is 5.10 Å². The van der Waals surface area contributed by atoms with Gasteiger partial charge in [0.05, 0.1) is 19.7 Å². The monoisotopic (exact) mass is 522 g/mol. The van der Waals surface area contributed by atoms with Gasteiger partial charge in [0, 0.05) is 37.1 Å². The highest BCUT2D eigenvalue weighted by molar-refractivity contribution is 5.50. The summed E-state index contributed by atoms with van der Waals surface area (Å²) < 4.78 is 17.4. The average molecular weight is 523 g/mol. The molecule has 0 amide bonds. The Morgan fingerprint density at radius 2 is 2.00 bits per heavy atom. The fraction of sp³-hybridized carbons (Fsp3) is 0.500. The summed E-state index contributed by atoms with van der Waals surface area (Å²) in [4.78, 5) is 23.6. The van der Waals surface area contributed by atoms with Gasteiger partial charge in [0.15, 0.2) is 6.40 Å². The second kappa shape index (κ2) is 12.3. The van der Waals surface area contributed by atoms with E-state index < -0.39 is 5.60 Å². The van der Waals surface area contributed by atoms with Gasteiger partial charge in [-0.25, -0.2) is 9.97 Å². The Hall–Kier alpha value is -3.66. The van der Waals surface area contributed by atoms with Crippen molar-refractivity contribution < 1.29 is 13.9 Å². The average Bonchev–Trinajstić information content (AvgIpc) is 3.13. The Morgan fingerprint density at radius 3 is 2.71 bits per heavy atom. The highest BCUT2D eigenvalue weighted by Crippen LogP contribution is 2.46. The van der Waals surface area contributed by atoms with E-state index in [0.717, 1.165) is 43.9 Å². The van der Waals surface area contributed by atoms with Gasteiger partial charge >= 0.3 is 0 Å². The number of hydrogen-bond donors (Lipinski definition) is 2. The van der Waals surface area contributed by atoms with E-state index in [1.165, 1.54) is 18.7 Å². The SMILES string of the molecule is CN/N=C\OC1(C)C=C/C(=C/NCc2cc(=O)c(OCC3CCN(Cc4ncccn4)CC3)co2)C1(C)C. The maximum atomic E-state index is 12.6. The van der Waals surface area contributed by atoms with Crippen LogP contribution in [0.5, 0.6) is 5.75 Å². The molecule has 2 aromatic rings. The van der Waals surface area contributed by atoms with E-state index in [1.54, 1.807) is 19.4 Å². The van der Waals surface area contributed by atoms with Gasteiger partial charge in [-0.1, -0.05) is 19.9 Å². The van der Waals surface area contributed by atoms with Crippen molar-refractivity contribution in [2.45, 2.75) is 52.3 Å². The van der Waals surface area contributed by atoms with Crippen LogP contribution < -0.4 is 20.9 Å². The predicted molar refractivity (Wildman–Crippen MR) is 145 cm³/mol. The molecule has 1 unspecified atom stereocenters. The minimum Gasteiger partial charge on any atom is -0.486 e. The third-order valence-corrected chi connectivity index (χ3v) is 7.58. The van der Waals surface area contributed by atoms with Crippen LogP contribution in [-0.2, 0) is 17.8 Å². The number of rotatable bonds is 11. The van der Waals surface area contributed by atoms with Gasteiger partial charge in [0.25, 0.3) is 0 Å². The van der Waals surface area contributed by atoms with Gasteiger partial charge in [0.1, 0.15) is 23.4 Å². The maximum Gasteiger partial charge on any atom is 0.227 e. The number of hydrogen-bond acceptors (Lipinski definition) is 10. The van der Waals surface area contributed by atoms with E-state index in [1.807, 2.05) is 31.3 Å². The molecule has 0 bridgehead atoms. The van der Waals surface area contributed by atoms with E-state index in [9.17, 15) is 4.79 Å². The molecule has 1 aliphatic heterocycles. The van der Waals surface area contributed by atoms with Crippen LogP contribution in [0.2, 0.25) is 0 Å². The minimum absolute atomic E-state index is 0.176. The van der Waals surface area contributed by atoms with Crippen molar-refractivity contribution in [2.75, 3.05) is 26.7 Å². The minimum atomic E-state index is -0.528. The van der Waals surface area contributed by atoms with Crippen molar-refractivity contribution in [2.24, 2.45) is 16.4 Å². The topological polar surface area (TPSA) is 114 Å². The summed E-state index contributed by atoms with van der Waals surface area (Å²) in [6, 6.07) is 3.31. The fourth-order valence-corrected chi connectivity index (χ4v) is 4.58. The third-order valence-electron chi connectivity index (χ3n) is 7.58. The molecule has 10 heteroatoms. The summed E-state index contributed by atoms with van der Waals surface area (Å²) in [5, 5.41) is 7.17. The lowest BCUT2D eigenvalue weighted by Gasteiger charge is -2.37. The lowest BCUT2D eigenvalue weighted by molar-refractivity contribution is 0.0444. The first-order valence-corrected chi connectivity index (χ1v) is 13.0. The van der Waals surface area contributed by atoms with Crippen LogP contribution in [0.15, 0.2) is 69.0 Å². The second-order valence-corrected chi connectivity index (χ2v) is 10.4. The highest BCUT2D eigenvalue weighted by Gasteiger charge is 2.46. The van der Waals surface area contributed by atoms with E-state index >= 15 is 0 Å². The maximum absolute atomic E-state index is 12.6. The molecule has 0 spiro atoms. The first-order valence-electron chi connectivity index (χ1n) is 13.0. The molecule has 2 aliphatic rings. The number of allylic oxidation sites excluding steroid dienone is 1. The number of nitrogens with zero attached hydrogens (tertiary/aromatic N) is 4. The van der Waals surface area contributed by atoms with Crippen LogP contribution in [0.25, 0.3) is 0 Å². The zero-order valence-corrected chi connectivity index (χ0v) is 22.6. The van der Waals surface area contributed by atoms with Crippen molar-refractivity contribution in [1.82, 2.24) is 25.6 Å². The predicted octanol–water partition coefficient (Wildman–Crippen LogP) is 3.23. The molecule has 0 saturated carbocycles. The van der Waals surface area contributed by atoms with Crippen molar-refractivity contribution in [3.8, 4) is 5.75 Å². The number of hydrazone groups is 1. The Balaban J connectivity index is 1.23. The Bertz CT molecular complexity index is 1200. The van der Waals surface area contributed by atoms with Crippen LogP contribution in [-0.4, -0.2) is 53.6 Å². The first-order chi connectivity index (χ1) is 18.3. The molecule has 2 aromatic heterocycles. The van der Waals surface area contributed by atoms with Crippen molar-refractivity contribution in [1.29, 1.82) is 0 Å². The van der Waals surface area contributed by atoms with Gasteiger partial charge < -0.3 is 24.6 Å². The molecule has 0 aromatic carbocycles. The Kier molecular flexibility index (Phi) is 8.83. The number of likely N-dealkylation sites (tertiary alicyclic amines) is 1. The van der Waals surface area contributed by atoms with Crippen molar-refractivity contribution in [3.05, 3.63) is 76.5 Å². The van der Waals surface area contributed by atoms with E-state index in [2.05, 4.69) is 44.6 Å². The summed E-state index contributed by atoms with van der Waals surface area (Å²) in [6.07, 6.45) is 14.4. The van der Waals surface area contributed by atoms with Crippen LogP contribution in [0, 0.1) is 11.3 Å². The molecule has 2 N–H and O–H groups in total. The van der Waals surface area contributed by atoms with E-state index in [4.69, 9.17) is 13.9 Å². The molecule has 10 nitrogen and oxygen atoms in total. The molecule has 204 valence electrons. The van der Waals surface area contributed by atoms with Gasteiger partial charge in [-0.3, -0.25) is 9.69 Å². The quantitative estimate of drug-likeness (QED) is 0.261. The summed E-state index contributed by atoms with van der Waals surface area (Å²) in [5.41, 5.74) is 2.76. The molecule has 1 atom stereocenters. The van der Waals surface area contributed by atoms with E-state index in [-0.39, 0.29) is 16.6 Å². The molecular formula is C28H38N6O4. The number of ether oxygens (including phenoxy) is 2. The van der Waals surface area contributed by atoms with E-state index in [0.29, 0.717) is 24.8 Å². The summed E-state index contributed by atoms with van der Waals surface area (Å²) >= 11 is 0. The van der Waals surface area contributed by atoms with Crippen LogP contribution in [0.4, 0.5) is 0 Å². The molecule has 1 aliphatic carbocycles. The van der Waals surface area contributed by atoms with Gasteiger partial charge in [-0.05, 0) is 56.5 Å². The molecule has 0 radical (unpaired) electrons. The standard InChI is InChI=1S/C28H38N6O4/c1-27(2)22(6-9-28(27,3)38-20-33-29-4)15-30-16-23-14-24(35)25(19-36-23)37-18-21-7-12-34(13-8-21)17-26-31-10-5-11-32-26/h5-6,9-11,14-15,19-21,29-30H,7-8,12-13,16-18H2,1-4H3/b22-15-,33-20-. The lowest BCUT2D eigenvalue weighted by atomic mass is 9.75. The second-order valence-electron chi connectivity index (χ2n) is 10.4. The first kappa shape index (κ1) is 27.4. The zero-order chi connectivity index (χ0) is 27.0. The van der Waals surface area contributed by atoms with Crippen molar-refractivity contribution >= 4 is 6.40 Å². The zero-order valence-electron chi connectivity index (χ0n) is 22.6. The largest absolute Gasteiger partial charge is 0.486 e. The number of piperidine rings is 1. The third kappa shape index (κ3) is 6.61. The fourth-order valence-electron chi connectivity index (χ4n) is 4.58. The van der Waals surface area contributed by atoms with Crippen LogP contribution in [0.1, 0.15) is 45.2 Å². The van der Waals surface area contributed by atoms with Gasteiger partial charge in [-0.15, -0.1) is 0 Å². The normalized spacial score (nSPS) is 22.7. The Labute approximate surface area is 223 Å². The van der Waals surface area contributed by atoms with Crippen LogP contribution >= 0.6 is 0 Å². The molecular weight excluding hydrogens is 484 g/mol. The smallest absolute Gasteiger partial charge is 0.227 e. The number of nitrogens with one attached hydrogen (secondary N) is 2. The van der Waals surface area contributed by atoms with Crippen molar-refractivity contribution in [3.63, 3.8) is 0 Å². The number of aromatic nitrogens is 2. The summed E-state index contributed by atoms with van der Waals surface area (Å²) in [6.45, 7) is 9.81. The van der Waals surface area contributed by atoms with Crippen LogP contribution in [0.3, 0.4) is 0 Å². The highest BCUT2D eigenvalue weighted by atomic mass is 16.5.